The van der Waals surface area contributed by atoms with Crippen molar-refractivity contribution in [1.29, 1.82) is 0 Å². The Morgan fingerprint density at radius 3 is 2.52 bits per heavy atom. The maximum Gasteiger partial charge on any atom is 0.412 e. The first-order valence-electron chi connectivity index (χ1n) is 6.30. The fourth-order valence-corrected chi connectivity index (χ4v) is 1.47. The van der Waals surface area contributed by atoms with Gasteiger partial charge < -0.3 is 9.47 Å². The molecule has 0 aliphatic rings. The zero-order valence-electron chi connectivity index (χ0n) is 12.1. The van der Waals surface area contributed by atoms with Crippen LogP contribution in [0, 0.1) is 5.82 Å². The molecule has 0 unspecified atom stereocenters. The van der Waals surface area contributed by atoms with Crippen LogP contribution in [-0.2, 0) is 9.47 Å². The molecule has 116 valence electrons. The Morgan fingerprint density at radius 2 is 2.00 bits per heavy atom. The molecule has 1 rings (SSSR count). The highest BCUT2D eigenvalue weighted by Gasteiger charge is 2.18. The summed E-state index contributed by atoms with van der Waals surface area (Å²) in [4.78, 5) is 23.1. The molecule has 0 aliphatic carbocycles. The lowest BCUT2D eigenvalue weighted by atomic mass is 10.2. The predicted octanol–water partition coefficient (Wildman–Crippen LogP) is 3.26. The fourth-order valence-electron chi connectivity index (χ4n) is 1.38. The quantitative estimate of drug-likeness (QED) is 0.661. The number of ether oxygens (including phenoxy) is 2. The average Bonchev–Trinajstić information content (AvgIpc) is 2.36. The topological polar surface area (TPSA) is 64.6 Å². The molecule has 1 aromatic carbocycles. The van der Waals surface area contributed by atoms with Gasteiger partial charge in [-0.05, 0) is 39.0 Å². The van der Waals surface area contributed by atoms with E-state index in [4.69, 9.17) is 9.47 Å². The smallest absolute Gasteiger partial charge is 0.412 e. The van der Waals surface area contributed by atoms with Gasteiger partial charge in [0.15, 0.2) is 0 Å². The number of hydrogen-bond acceptors (Lipinski definition) is 5. The summed E-state index contributed by atoms with van der Waals surface area (Å²) in [5, 5.41) is 2.28. The molecule has 0 atom stereocenters. The standard InChI is InChI=1S/C14H18FNO4S/c1-14(2,3)20-13(18)16-11-5-4-9(8-10(11)15)12(17)19-6-7-21/h4-5,8,21H,6-7H2,1-3H3,(H,16,18). The van der Waals surface area contributed by atoms with Gasteiger partial charge in [0.05, 0.1) is 11.3 Å². The Hall–Kier alpha value is -1.76. The highest BCUT2D eigenvalue weighted by atomic mass is 32.1. The van der Waals surface area contributed by atoms with Crippen molar-refractivity contribution in [3.05, 3.63) is 29.6 Å². The van der Waals surface area contributed by atoms with E-state index in [1.807, 2.05) is 0 Å². The largest absolute Gasteiger partial charge is 0.461 e. The van der Waals surface area contributed by atoms with E-state index in [-0.39, 0.29) is 17.9 Å². The molecular weight excluding hydrogens is 297 g/mol. The minimum atomic E-state index is -0.771. The molecule has 0 aromatic heterocycles. The molecule has 0 bridgehead atoms. The van der Waals surface area contributed by atoms with Crippen molar-refractivity contribution in [3.63, 3.8) is 0 Å². The van der Waals surface area contributed by atoms with E-state index in [0.717, 1.165) is 6.07 Å². The van der Waals surface area contributed by atoms with Gasteiger partial charge in [-0.3, -0.25) is 5.32 Å². The normalized spacial score (nSPS) is 10.9. The van der Waals surface area contributed by atoms with Crippen LogP contribution < -0.4 is 5.32 Å². The fraction of sp³-hybridized carbons (Fsp3) is 0.429. The van der Waals surface area contributed by atoms with Gasteiger partial charge >= 0.3 is 12.1 Å². The van der Waals surface area contributed by atoms with Gasteiger partial charge in [0, 0.05) is 5.75 Å². The lowest BCUT2D eigenvalue weighted by molar-refractivity contribution is 0.0529. The molecule has 21 heavy (non-hydrogen) atoms. The van der Waals surface area contributed by atoms with E-state index in [9.17, 15) is 14.0 Å². The van der Waals surface area contributed by atoms with Crippen LogP contribution in [-0.4, -0.2) is 30.0 Å². The van der Waals surface area contributed by atoms with E-state index in [0.29, 0.717) is 5.75 Å². The zero-order chi connectivity index (χ0) is 16.0. The number of rotatable bonds is 4. The summed E-state index contributed by atoms with van der Waals surface area (Å²) in [5.41, 5.74) is -0.698. The monoisotopic (exact) mass is 315 g/mol. The van der Waals surface area contributed by atoms with E-state index in [1.165, 1.54) is 12.1 Å². The van der Waals surface area contributed by atoms with Crippen LogP contribution in [0.25, 0.3) is 0 Å². The molecule has 0 saturated carbocycles. The third-order valence-electron chi connectivity index (χ3n) is 2.16. The van der Waals surface area contributed by atoms with Crippen molar-refractivity contribution in [3.8, 4) is 0 Å². The molecule has 1 N–H and O–H groups in total. The summed E-state index contributed by atoms with van der Waals surface area (Å²) in [6, 6.07) is 3.63. The number of hydrogen-bond donors (Lipinski definition) is 2. The second kappa shape index (κ2) is 7.31. The summed E-state index contributed by atoms with van der Waals surface area (Å²) in [7, 11) is 0. The van der Waals surface area contributed by atoms with Gasteiger partial charge in [-0.25, -0.2) is 14.0 Å². The molecule has 0 fully saturated rings. The van der Waals surface area contributed by atoms with Crippen molar-refractivity contribution in [2.45, 2.75) is 26.4 Å². The second-order valence-electron chi connectivity index (χ2n) is 5.18. The van der Waals surface area contributed by atoms with Gasteiger partial charge in [-0.15, -0.1) is 0 Å². The molecule has 0 saturated heterocycles. The Bertz CT molecular complexity index is 528. The highest BCUT2D eigenvalue weighted by Crippen LogP contribution is 2.18. The second-order valence-corrected chi connectivity index (χ2v) is 5.63. The van der Waals surface area contributed by atoms with Gasteiger partial charge in [0.1, 0.15) is 18.0 Å². The number of amides is 1. The van der Waals surface area contributed by atoms with E-state index in [2.05, 4.69) is 17.9 Å². The van der Waals surface area contributed by atoms with Crippen molar-refractivity contribution in [2.75, 3.05) is 17.7 Å². The predicted molar refractivity (Wildman–Crippen MR) is 80.4 cm³/mol. The summed E-state index contributed by atoms with van der Waals surface area (Å²) >= 11 is 3.90. The molecule has 1 amide bonds. The first kappa shape index (κ1) is 17.3. The maximum atomic E-state index is 13.8. The average molecular weight is 315 g/mol. The summed E-state index contributed by atoms with van der Waals surface area (Å²) in [5.74, 6) is -1.01. The van der Waals surface area contributed by atoms with E-state index < -0.39 is 23.5 Å². The molecule has 0 aliphatic heterocycles. The maximum absolute atomic E-state index is 13.8. The minimum absolute atomic E-state index is 0.0593. The SMILES string of the molecule is CC(C)(C)OC(=O)Nc1ccc(C(=O)OCCS)cc1F. The molecule has 0 heterocycles. The van der Waals surface area contributed by atoms with Gasteiger partial charge in [-0.2, -0.15) is 12.6 Å². The zero-order valence-corrected chi connectivity index (χ0v) is 13.0. The van der Waals surface area contributed by atoms with Crippen LogP contribution in [0.15, 0.2) is 18.2 Å². The first-order valence-corrected chi connectivity index (χ1v) is 6.93. The van der Waals surface area contributed by atoms with Crippen LogP contribution in [0.4, 0.5) is 14.9 Å². The molecular formula is C14H18FNO4S. The van der Waals surface area contributed by atoms with E-state index >= 15 is 0 Å². The van der Waals surface area contributed by atoms with Crippen molar-refractivity contribution in [2.24, 2.45) is 0 Å². The number of carbonyl (C=O) groups excluding carboxylic acids is 2. The third-order valence-corrected chi connectivity index (χ3v) is 2.35. The first-order chi connectivity index (χ1) is 9.73. The highest BCUT2D eigenvalue weighted by molar-refractivity contribution is 7.80. The Labute approximate surface area is 128 Å². The van der Waals surface area contributed by atoms with Gasteiger partial charge in [0.25, 0.3) is 0 Å². The van der Waals surface area contributed by atoms with Crippen LogP contribution in [0.3, 0.4) is 0 Å². The number of esters is 1. The number of anilines is 1. The number of thiol groups is 1. The number of nitrogens with one attached hydrogen (secondary N) is 1. The Kier molecular flexibility index (Phi) is 6.02. The lowest BCUT2D eigenvalue weighted by Gasteiger charge is -2.19. The molecule has 7 heteroatoms. The number of carbonyl (C=O) groups is 2. The van der Waals surface area contributed by atoms with Crippen LogP contribution >= 0.6 is 12.6 Å². The summed E-state index contributed by atoms with van der Waals surface area (Å²) < 4.78 is 23.7. The van der Waals surface area contributed by atoms with Gasteiger partial charge in [-0.1, -0.05) is 0 Å². The summed E-state index contributed by atoms with van der Waals surface area (Å²) in [6.07, 6.45) is -0.771. The molecule has 1 aromatic rings. The number of halogens is 1. The summed E-state index contributed by atoms with van der Waals surface area (Å²) in [6.45, 7) is 5.23. The minimum Gasteiger partial charge on any atom is -0.461 e. The van der Waals surface area contributed by atoms with Crippen LogP contribution in [0.1, 0.15) is 31.1 Å². The van der Waals surface area contributed by atoms with Crippen molar-refractivity contribution < 1.29 is 23.5 Å². The van der Waals surface area contributed by atoms with Gasteiger partial charge in [0.2, 0.25) is 0 Å². The molecule has 0 spiro atoms. The third kappa shape index (κ3) is 6.03. The van der Waals surface area contributed by atoms with Crippen molar-refractivity contribution in [1.82, 2.24) is 0 Å². The molecule has 5 nitrogen and oxygen atoms in total. The molecule has 0 radical (unpaired) electrons. The Balaban J connectivity index is 2.74. The van der Waals surface area contributed by atoms with Crippen LogP contribution in [0.2, 0.25) is 0 Å². The van der Waals surface area contributed by atoms with E-state index in [1.54, 1.807) is 20.8 Å². The van der Waals surface area contributed by atoms with Crippen LogP contribution in [0.5, 0.6) is 0 Å². The lowest BCUT2D eigenvalue weighted by Crippen LogP contribution is -2.27. The number of benzene rings is 1. The van der Waals surface area contributed by atoms with Crippen molar-refractivity contribution >= 4 is 30.4 Å². The Morgan fingerprint density at radius 1 is 1.33 bits per heavy atom.